The van der Waals surface area contributed by atoms with Gasteiger partial charge in [-0.2, -0.15) is 5.01 Å². The Bertz CT molecular complexity index is 150. The van der Waals surface area contributed by atoms with Crippen molar-refractivity contribution in [1.82, 2.24) is 5.01 Å². The molecule has 0 aromatic rings. The molecule has 1 amide bonds. The van der Waals surface area contributed by atoms with Gasteiger partial charge in [-0.15, -0.1) is 4.91 Å². The number of hydrogen-bond donors (Lipinski definition) is 0. The zero-order valence-corrected chi connectivity index (χ0v) is 7.45. The van der Waals surface area contributed by atoms with Crippen LogP contribution >= 0.6 is 0 Å². The van der Waals surface area contributed by atoms with Crippen molar-refractivity contribution in [3.63, 3.8) is 0 Å². The Morgan fingerprint density at radius 3 is 2.58 bits per heavy atom. The fourth-order valence-corrected chi connectivity index (χ4v) is 0.598. The highest BCUT2D eigenvalue weighted by Gasteiger charge is 2.11. The average molecular weight is 174 g/mol. The molecule has 0 saturated heterocycles. The molecule has 0 aliphatic carbocycles. The van der Waals surface area contributed by atoms with Crippen LogP contribution in [0.5, 0.6) is 0 Å². The van der Waals surface area contributed by atoms with E-state index in [1.165, 1.54) is 0 Å². The van der Waals surface area contributed by atoms with E-state index in [2.05, 4.69) is 5.29 Å². The van der Waals surface area contributed by atoms with E-state index >= 15 is 0 Å². The van der Waals surface area contributed by atoms with Gasteiger partial charge in [0.1, 0.15) is 0 Å². The van der Waals surface area contributed by atoms with Gasteiger partial charge in [0.05, 0.1) is 11.9 Å². The first-order chi connectivity index (χ1) is 5.76. The van der Waals surface area contributed by atoms with Crippen molar-refractivity contribution in [2.45, 2.75) is 26.7 Å². The smallest absolute Gasteiger partial charge is 0.432 e. The van der Waals surface area contributed by atoms with Crippen LogP contribution in [-0.4, -0.2) is 24.3 Å². The molecule has 12 heavy (non-hydrogen) atoms. The van der Waals surface area contributed by atoms with Gasteiger partial charge in [0, 0.05) is 6.54 Å². The Morgan fingerprint density at radius 1 is 1.50 bits per heavy atom. The lowest BCUT2D eigenvalue weighted by molar-refractivity contribution is 0.103. The van der Waals surface area contributed by atoms with Crippen LogP contribution in [0.4, 0.5) is 4.79 Å². The predicted molar refractivity (Wildman–Crippen MR) is 44.4 cm³/mol. The van der Waals surface area contributed by atoms with Crippen LogP contribution in [0.1, 0.15) is 26.7 Å². The molecular formula is C7H14N2O3. The number of ether oxygens (including phenoxy) is 1. The van der Waals surface area contributed by atoms with Crippen LogP contribution in [0.25, 0.3) is 0 Å². The van der Waals surface area contributed by atoms with Crippen LogP contribution < -0.4 is 0 Å². The van der Waals surface area contributed by atoms with Crippen molar-refractivity contribution in [1.29, 1.82) is 0 Å². The van der Waals surface area contributed by atoms with Crippen LogP contribution in [0.3, 0.4) is 0 Å². The van der Waals surface area contributed by atoms with Gasteiger partial charge >= 0.3 is 6.09 Å². The highest BCUT2D eigenvalue weighted by Crippen LogP contribution is 1.96. The average Bonchev–Trinajstić information content (AvgIpc) is 2.07. The third-order valence-corrected chi connectivity index (χ3v) is 1.33. The molecule has 0 unspecified atom stereocenters. The van der Waals surface area contributed by atoms with Gasteiger partial charge in [0.2, 0.25) is 0 Å². The Balaban J connectivity index is 3.62. The SMILES string of the molecule is CCCCOC(=O)N(CC)N=O. The van der Waals surface area contributed by atoms with Crippen LogP contribution in [0, 0.1) is 4.91 Å². The molecule has 0 radical (unpaired) electrons. The maximum absolute atomic E-state index is 10.9. The van der Waals surface area contributed by atoms with Crippen molar-refractivity contribution < 1.29 is 9.53 Å². The van der Waals surface area contributed by atoms with E-state index in [0.29, 0.717) is 6.61 Å². The zero-order chi connectivity index (χ0) is 9.40. The van der Waals surface area contributed by atoms with Crippen molar-refractivity contribution in [2.75, 3.05) is 13.2 Å². The van der Waals surface area contributed by atoms with Crippen LogP contribution in [-0.2, 0) is 4.74 Å². The molecule has 0 bridgehead atoms. The van der Waals surface area contributed by atoms with E-state index in [1.54, 1.807) is 6.92 Å². The van der Waals surface area contributed by atoms with Crippen LogP contribution in [0.15, 0.2) is 5.29 Å². The normalized spacial score (nSPS) is 9.17. The summed E-state index contributed by atoms with van der Waals surface area (Å²) < 4.78 is 4.72. The van der Waals surface area contributed by atoms with Gasteiger partial charge in [-0.3, -0.25) is 0 Å². The van der Waals surface area contributed by atoms with Crippen molar-refractivity contribution >= 4 is 6.09 Å². The summed E-state index contributed by atoms with van der Waals surface area (Å²) in [5.74, 6) is 0. The van der Waals surface area contributed by atoms with E-state index in [1.807, 2.05) is 6.92 Å². The number of nitroso groups, excluding NO2 is 1. The Labute approximate surface area is 71.6 Å². The molecule has 0 rings (SSSR count). The number of amides is 1. The second kappa shape index (κ2) is 6.57. The molecular weight excluding hydrogens is 160 g/mol. The Morgan fingerprint density at radius 2 is 2.17 bits per heavy atom. The first-order valence-electron chi connectivity index (χ1n) is 4.03. The number of nitrogens with zero attached hydrogens (tertiary/aromatic N) is 2. The molecule has 5 heteroatoms. The van der Waals surface area contributed by atoms with Gasteiger partial charge in [0.15, 0.2) is 0 Å². The number of unbranched alkanes of at least 4 members (excludes halogenated alkanes) is 1. The van der Waals surface area contributed by atoms with Crippen LogP contribution in [0.2, 0.25) is 0 Å². The molecule has 0 saturated carbocycles. The first-order valence-corrected chi connectivity index (χ1v) is 4.03. The lowest BCUT2D eigenvalue weighted by Gasteiger charge is -2.10. The molecule has 0 N–H and O–H groups in total. The zero-order valence-electron chi connectivity index (χ0n) is 7.45. The largest absolute Gasteiger partial charge is 0.448 e. The predicted octanol–water partition coefficient (Wildman–Crippen LogP) is 1.93. The van der Waals surface area contributed by atoms with Crippen molar-refractivity contribution in [3.8, 4) is 0 Å². The van der Waals surface area contributed by atoms with E-state index in [9.17, 15) is 9.70 Å². The third-order valence-electron chi connectivity index (χ3n) is 1.33. The molecule has 0 aromatic carbocycles. The number of hydrogen-bond acceptors (Lipinski definition) is 4. The Hall–Kier alpha value is -1.13. The quantitative estimate of drug-likeness (QED) is 0.363. The van der Waals surface area contributed by atoms with Gasteiger partial charge < -0.3 is 4.74 Å². The van der Waals surface area contributed by atoms with Crippen molar-refractivity contribution in [3.05, 3.63) is 4.91 Å². The number of carbonyl (C=O) groups is 1. The molecule has 0 fully saturated rings. The summed E-state index contributed by atoms with van der Waals surface area (Å²) in [7, 11) is 0. The van der Waals surface area contributed by atoms with Gasteiger partial charge in [0.25, 0.3) is 0 Å². The fraction of sp³-hybridized carbons (Fsp3) is 0.857. The molecule has 0 aliphatic heterocycles. The van der Waals surface area contributed by atoms with E-state index in [0.717, 1.165) is 17.9 Å². The highest BCUT2D eigenvalue weighted by atomic mass is 16.6. The van der Waals surface area contributed by atoms with Crippen molar-refractivity contribution in [2.24, 2.45) is 5.29 Å². The second-order valence-electron chi connectivity index (χ2n) is 2.27. The van der Waals surface area contributed by atoms with Gasteiger partial charge in [-0.1, -0.05) is 13.3 Å². The maximum Gasteiger partial charge on any atom is 0.432 e. The standard InChI is InChI=1S/C7H14N2O3/c1-3-5-6-12-7(10)9(4-2)8-11/h3-6H2,1-2H3. The van der Waals surface area contributed by atoms with E-state index < -0.39 is 6.09 Å². The lowest BCUT2D eigenvalue weighted by Crippen LogP contribution is -2.25. The van der Waals surface area contributed by atoms with Gasteiger partial charge in [-0.25, -0.2) is 4.79 Å². The molecule has 5 nitrogen and oxygen atoms in total. The second-order valence-corrected chi connectivity index (χ2v) is 2.27. The minimum atomic E-state index is -0.666. The number of carbonyl (C=O) groups excluding carboxylic acids is 1. The number of rotatable bonds is 5. The summed E-state index contributed by atoms with van der Waals surface area (Å²) in [5, 5.41) is 3.24. The topological polar surface area (TPSA) is 59.0 Å². The highest BCUT2D eigenvalue weighted by molar-refractivity contribution is 5.66. The first kappa shape index (κ1) is 10.9. The molecule has 0 aromatic heterocycles. The lowest BCUT2D eigenvalue weighted by atomic mass is 10.4. The summed E-state index contributed by atoms with van der Waals surface area (Å²) in [6.07, 6.45) is 1.09. The summed E-state index contributed by atoms with van der Waals surface area (Å²) in [6, 6.07) is 0. The van der Waals surface area contributed by atoms with E-state index in [4.69, 9.17) is 4.74 Å². The molecule has 70 valence electrons. The summed E-state index contributed by atoms with van der Waals surface area (Å²) in [6.45, 7) is 4.24. The fourth-order valence-electron chi connectivity index (χ4n) is 0.598. The summed E-state index contributed by atoms with van der Waals surface area (Å²) >= 11 is 0. The monoisotopic (exact) mass is 174 g/mol. The maximum atomic E-state index is 10.9. The minimum Gasteiger partial charge on any atom is -0.448 e. The third kappa shape index (κ3) is 3.90. The summed E-state index contributed by atoms with van der Waals surface area (Å²) in [4.78, 5) is 20.9. The minimum absolute atomic E-state index is 0.245. The molecule has 0 heterocycles. The van der Waals surface area contributed by atoms with E-state index in [-0.39, 0.29) is 6.54 Å². The molecule has 0 atom stereocenters. The Kier molecular flexibility index (Phi) is 5.95. The molecule has 0 spiro atoms. The molecule has 0 aliphatic rings. The van der Waals surface area contributed by atoms with Gasteiger partial charge in [-0.05, 0) is 13.3 Å². The summed E-state index contributed by atoms with van der Waals surface area (Å²) in [5.41, 5.74) is 0.